The Bertz CT molecular complexity index is 926. The van der Waals surface area contributed by atoms with Crippen molar-refractivity contribution in [3.8, 4) is 0 Å². The second kappa shape index (κ2) is 4.39. The molecule has 1 aliphatic rings. The number of hydrogen-bond acceptors (Lipinski definition) is 5. The number of carbonyl (C=O) groups excluding carboxylic acids is 2. The summed E-state index contributed by atoms with van der Waals surface area (Å²) in [4.78, 5) is 29.0. The lowest BCUT2D eigenvalue weighted by Gasteiger charge is -2.14. The molecule has 0 spiro atoms. The fraction of sp³-hybridized carbons (Fsp3) is 0.0667. The van der Waals surface area contributed by atoms with Gasteiger partial charge in [-0.25, -0.2) is 0 Å². The minimum Gasteiger partial charge on any atom is -0.363 e. The third-order valence-corrected chi connectivity index (χ3v) is 3.63. The Morgan fingerprint density at radius 3 is 2.73 bits per heavy atom. The molecule has 0 radical (unpaired) electrons. The van der Waals surface area contributed by atoms with Gasteiger partial charge < -0.3 is 10.3 Å². The minimum absolute atomic E-state index is 0.0902. The van der Waals surface area contributed by atoms with Gasteiger partial charge in [0.2, 0.25) is 5.89 Å². The maximum atomic E-state index is 12.6. The lowest BCUT2D eigenvalue weighted by atomic mass is 10.1. The normalized spacial score (nSPS) is 13.1. The van der Waals surface area contributed by atoms with E-state index in [9.17, 15) is 9.59 Å². The molecule has 3 aromatic rings. The number of benzene rings is 2. The van der Waals surface area contributed by atoms with Crippen molar-refractivity contribution in [1.82, 2.24) is 10.1 Å². The van der Waals surface area contributed by atoms with Crippen molar-refractivity contribution in [3.05, 3.63) is 53.7 Å². The summed E-state index contributed by atoms with van der Waals surface area (Å²) in [7, 11) is 0. The predicted octanol–water partition coefficient (Wildman–Crippen LogP) is 1.48. The van der Waals surface area contributed by atoms with Gasteiger partial charge in [-0.1, -0.05) is 29.4 Å². The summed E-state index contributed by atoms with van der Waals surface area (Å²) in [6.07, 6.45) is 0. The maximum Gasteiger partial charge on any atom is 0.290 e. The molecular formula is C15H10N4O3. The Hall–Kier alpha value is -3.22. The number of anilines is 1. The summed E-state index contributed by atoms with van der Waals surface area (Å²) in [5.41, 5.74) is 6.52. The van der Waals surface area contributed by atoms with Crippen molar-refractivity contribution in [2.45, 2.75) is 6.54 Å². The fourth-order valence-electron chi connectivity index (χ4n) is 2.69. The number of aromatic nitrogens is 2. The van der Waals surface area contributed by atoms with Gasteiger partial charge >= 0.3 is 0 Å². The Morgan fingerprint density at radius 2 is 2.00 bits per heavy atom. The van der Waals surface area contributed by atoms with Crippen LogP contribution in [0.25, 0.3) is 10.8 Å². The van der Waals surface area contributed by atoms with E-state index in [-0.39, 0.29) is 24.2 Å². The number of nitrogens with two attached hydrogens (primary N) is 1. The minimum atomic E-state index is -0.770. The van der Waals surface area contributed by atoms with Crippen molar-refractivity contribution in [2.24, 2.45) is 5.73 Å². The fourth-order valence-corrected chi connectivity index (χ4v) is 2.69. The SMILES string of the molecule is NC(=O)c1noc(CN2C(=O)c3cccc4cccc2c34)n1. The van der Waals surface area contributed by atoms with Gasteiger partial charge in [-0.15, -0.1) is 0 Å². The van der Waals surface area contributed by atoms with Gasteiger partial charge in [0.25, 0.3) is 17.6 Å². The molecule has 0 aliphatic carbocycles. The van der Waals surface area contributed by atoms with Crippen LogP contribution in [-0.4, -0.2) is 22.0 Å². The smallest absolute Gasteiger partial charge is 0.290 e. The van der Waals surface area contributed by atoms with Crippen molar-refractivity contribution < 1.29 is 14.1 Å². The molecule has 0 saturated carbocycles. The number of amides is 2. The molecule has 108 valence electrons. The van der Waals surface area contributed by atoms with Crippen LogP contribution in [-0.2, 0) is 6.54 Å². The van der Waals surface area contributed by atoms with Crippen molar-refractivity contribution in [2.75, 3.05) is 4.90 Å². The molecule has 2 aromatic carbocycles. The summed E-state index contributed by atoms with van der Waals surface area (Å²) in [5, 5.41) is 5.38. The summed E-state index contributed by atoms with van der Waals surface area (Å²) in [6.45, 7) is 0.0902. The molecule has 2 heterocycles. The van der Waals surface area contributed by atoms with E-state index in [0.717, 1.165) is 16.5 Å². The van der Waals surface area contributed by atoms with Gasteiger partial charge in [-0.2, -0.15) is 4.98 Å². The first kappa shape index (κ1) is 12.5. The number of primary amides is 1. The number of nitrogens with zero attached hydrogens (tertiary/aromatic N) is 3. The second-order valence-corrected chi connectivity index (χ2v) is 4.95. The molecule has 1 aliphatic heterocycles. The van der Waals surface area contributed by atoms with Crippen molar-refractivity contribution >= 4 is 28.3 Å². The average molecular weight is 294 g/mol. The number of hydrogen-bond donors (Lipinski definition) is 1. The summed E-state index contributed by atoms with van der Waals surface area (Å²) < 4.78 is 4.98. The lowest BCUT2D eigenvalue weighted by Crippen LogP contribution is -2.26. The van der Waals surface area contributed by atoms with E-state index < -0.39 is 5.91 Å². The molecule has 1 aromatic heterocycles. The largest absolute Gasteiger partial charge is 0.363 e. The Labute approximate surface area is 124 Å². The van der Waals surface area contributed by atoms with Crippen molar-refractivity contribution in [3.63, 3.8) is 0 Å². The Morgan fingerprint density at radius 1 is 1.23 bits per heavy atom. The van der Waals surface area contributed by atoms with Crippen LogP contribution in [0.4, 0.5) is 5.69 Å². The van der Waals surface area contributed by atoms with Gasteiger partial charge in [0, 0.05) is 10.9 Å². The highest BCUT2D eigenvalue weighted by atomic mass is 16.5. The van der Waals surface area contributed by atoms with E-state index in [2.05, 4.69) is 10.1 Å². The van der Waals surface area contributed by atoms with E-state index in [1.807, 2.05) is 30.3 Å². The third kappa shape index (κ3) is 1.69. The van der Waals surface area contributed by atoms with E-state index in [1.165, 1.54) is 0 Å². The van der Waals surface area contributed by atoms with Crippen LogP contribution in [0, 0.1) is 0 Å². The highest BCUT2D eigenvalue weighted by Gasteiger charge is 2.30. The molecule has 0 saturated heterocycles. The molecule has 0 fully saturated rings. The molecule has 0 bridgehead atoms. The third-order valence-electron chi connectivity index (χ3n) is 3.63. The van der Waals surface area contributed by atoms with Gasteiger partial charge in [0.05, 0.1) is 5.69 Å². The van der Waals surface area contributed by atoms with E-state index in [1.54, 1.807) is 11.0 Å². The average Bonchev–Trinajstić information content (AvgIpc) is 3.09. The van der Waals surface area contributed by atoms with E-state index >= 15 is 0 Å². The van der Waals surface area contributed by atoms with Crippen LogP contribution < -0.4 is 10.6 Å². The quantitative estimate of drug-likeness (QED) is 0.788. The first-order valence-corrected chi connectivity index (χ1v) is 6.61. The van der Waals surface area contributed by atoms with Crippen LogP contribution in [0.15, 0.2) is 40.9 Å². The first-order chi connectivity index (χ1) is 10.6. The highest BCUT2D eigenvalue weighted by Crippen LogP contribution is 2.37. The highest BCUT2D eigenvalue weighted by molar-refractivity contribution is 6.24. The zero-order valence-corrected chi connectivity index (χ0v) is 11.3. The van der Waals surface area contributed by atoms with Gasteiger partial charge in [-0.05, 0) is 17.5 Å². The van der Waals surface area contributed by atoms with Crippen molar-refractivity contribution in [1.29, 1.82) is 0 Å². The summed E-state index contributed by atoms with van der Waals surface area (Å²) in [6, 6.07) is 11.3. The van der Waals surface area contributed by atoms with E-state index in [0.29, 0.717) is 5.56 Å². The van der Waals surface area contributed by atoms with Gasteiger partial charge in [0.1, 0.15) is 6.54 Å². The topological polar surface area (TPSA) is 102 Å². The first-order valence-electron chi connectivity index (χ1n) is 6.61. The number of rotatable bonds is 3. The van der Waals surface area contributed by atoms with E-state index in [4.69, 9.17) is 10.3 Å². The lowest BCUT2D eigenvalue weighted by molar-refractivity contribution is 0.0979. The molecular weight excluding hydrogens is 284 g/mol. The zero-order valence-electron chi connectivity index (χ0n) is 11.3. The molecule has 7 nitrogen and oxygen atoms in total. The molecule has 0 atom stereocenters. The molecule has 7 heteroatoms. The monoisotopic (exact) mass is 294 g/mol. The van der Waals surface area contributed by atoms with Crippen LogP contribution in [0.3, 0.4) is 0 Å². The molecule has 4 rings (SSSR count). The van der Waals surface area contributed by atoms with Crippen LogP contribution in [0.5, 0.6) is 0 Å². The van der Waals surface area contributed by atoms with Gasteiger partial charge in [-0.3, -0.25) is 14.5 Å². The molecule has 22 heavy (non-hydrogen) atoms. The Balaban J connectivity index is 1.76. The van der Waals surface area contributed by atoms with Crippen LogP contribution in [0.1, 0.15) is 26.9 Å². The van der Waals surface area contributed by atoms with Crippen LogP contribution >= 0.6 is 0 Å². The standard InChI is InChI=1S/C15H10N4O3/c16-13(20)14-17-11(22-18-14)7-19-10-6-2-4-8-3-1-5-9(12(8)10)15(19)21/h1-6H,7H2,(H2,16,20). The van der Waals surface area contributed by atoms with Gasteiger partial charge in [0.15, 0.2) is 0 Å². The summed E-state index contributed by atoms with van der Waals surface area (Å²) >= 11 is 0. The molecule has 2 N–H and O–H groups in total. The second-order valence-electron chi connectivity index (χ2n) is 4.95. The zero-order chi connectivity index (χ0) is 15.3. The summed E-state index contributed by atoms with van der Waals surface area (Å²) in [5.74, 6) is -0.942. The molecule has 0 unspecified atom stereocenters. The van der Waals surface area contributed by atoms with Crippen LogP contribution in [0.2, 0.25) is 0 Å². The Kier molecular flexibility index (Phi) is 2.50. The molecule has 2 amide bonds. The number of carbonyl (C=O) groups is 2. The maximum absolute atomic E-state index is 12.6. The predicted molar refractivity (Wildman–Crippen MR) is 77.3 cm³/mol.